The third kappa shape index (κ3) is 2.28. The van der Waals surface area contributed by atoms with E-state index in [4.69, 9.17) is 0 Å². The second kappa shape index (κ2) is 5.23. The number of carbonyl (C=O) groups is 2. The SMILES string of the molecule is O=C(O)C1C2CCC(C2)C1C(=O)NCc1ccncc1. The quantitative estimate of drug-likeness (QED) is 0.871. The third-order valence-electron chi connectivity index (χ3n) is 4.72. The summed E-state index contributed by atoms with van der Waals surface area (Å²) in [6.07, 6.45) is 6.19. The molecular formula is C15H18N2O3. The van der Waals surface area contributed by atoms with Gasteiger partial charge < -0.3 is 10.4 Å². The lowest BCUT2D eigenvalue weighted by molar-refractivity contribution is -0.149. The third-order valence-corrected chi connectivity index (χ3v) is 4.72. The molecule has 5 heteroatoms. The van der Waals surface area contributed by atoms with E-state index in [1.807, 2.05) is 12.1 Å². The highest BCUT2D eigenvalue weighted by molar-refractivity contribution is 5.86. The molecule has 106 valence electrons. The number of fused-ring (bicyclic) bond motifs is 2. The zero-order valence-electron chi connectivity index (χ0n) is 11.2. The average molecular weight is 274 g/mol. The van der Waals surface area contributed by atoms with Crippen LogP contribution in [-0.2, 0) is 16.1 Å². The lowest BCUT2D eigenvalue weighted by atomic mass is 9.78. The van der Waals surface area contributed by atoms with Crippen LogP contribution >= 0.6 is 0 Å². The second-order valence-electron chi connectivity index (χ2n) is 5.80. The lowest BCUT2D eigenvalue weighted by Gasteiger charge is -2.27. The van der Waals surface area contributed by atoms with Crippen molar-refractivity contribution in [3.05, 3.63) is 30.1 Å². The second-order valence-corrected chi connectivity index (χ2v) is 5.80. The van der Waals surface area contributed by atoms with Gasteiger partial charge in [0.05, 0.1) is 11.8 Å². The van der Waals surface area contributed by atoms with E-state index in [9.17, 15) is 14.7 Å². The first-order valence-corrected chi connectivity index (χ1v) is 7.06. The summed E-state index contributed by atoms with van der Waals surface area (Å²) >= 11 is 0. The van der Waals surface area contributed by atoms with Crippen molar-refractivity contribution in [3.63, 3.8) is 0 Å². The van der Waals surface area contributed by atoms with Gasteiger partial charge in [0.25, 0.3) is 0 Å². The number of aromatic nitrogens is 1. The van der Waals surface area contributed by atoms with Gasteiger partial charge in [0.15, 0.2) is 0 Å². The Morgan fingerprint density at radius 1 is 1.20 bits per heavy atom. The topological polar surface area (TPSA) is 79.3 Å². The molecule has 1 aromatic rings. The summed E-state index contributed by atoms with van der Waals surface area (Å²) < 4.78 is 0. The number of amides is 1. The molecule has 0 radical (unpaired) electrons. The van der Waals surface area contributed by atoms with E-state index in [1.54, 1.807) is 12.4 Å². The van der Waals surface area contributed by atoms with E-state index in [0.29, 0.717) is 6.54 Å². The smallest absolute Gasteiger partial charge is 0.307 e. The maximum Gasteiger partial charge on any atom is 0.307 e. The highest BCUT2D eigenvalue weighted by Crippen LogP contribution is 2.52. The molecule has 4 unspecified atom stereocenters. The minimum absolute atomic E-state index is 0.110. The van der Waals surface area contributed by atoms with Crippen molar-refractivity contribution < 1.29 is 14.7 Å². The highest BCUT2D eigenvalue weighted by Gasteiger charge is 2.53. The zero-order chi connectivity index (χ0) is 14.1. The van der Waals surface area contributed by atoms with Crippen LogP contribution < -0.4 is 5.32 Å². The minimum atomic E-state index is -0.818. The molecule has 2 saturated carbocycles. The van der Waals surface area contributed by atoms with Crippen LogP contribution in [0.25, 0.3) is 0 Å². The average Bonchev–Trinajstić information content (AvgIpc) is 3.06. The Morgan fingerprint density at radius 3 is 2.50 bits per heavy atom. The molecule has 2 bridgehead atoms. The van der Waals surface area contributed by atoms with Crippen molar-refractivity contribution in [2.45, 2.75) is 25.8 Å². The molecule has 2 N–H and O–H groups in total. The molecule has 1 heterocycles. The van der Waals surface area contributed by atoms with E-state index >= 15 is 0 Å². The summed E-state index contributed by atoms with van der Waals surface area (Å²) in [6.45, 7) is 0.432. The van der Waals surface area contributed by atoms with Gasteiger partial charge in [0.1, 0.15) is 0 Å². The van der Waals surface area contributed by atoms with Crippen molar-refractivity contribution in [2.24, 2.45) is 23.7 Å². The molecule has 0 spiro atoms. The van der Waals surface area contributed by atoms with Gasteiger partial charge in [-0.15, -0.1) is 0 Å². The van der Waals surface area contributed by atoms with Gasteiger partial charge >= 0.3 is 5.97 Å². The number of aliphatic carboxylic acids is 1. The molecule has 3 rings (SSSR count). The van der Waals surface area contributed by atoms with Crippen molar-refractivity contribution in [2.75, 3.05) is 0 Å². The molecule has 0 saturated heterocycles. The molecule has 5 nitrogen and oxygen atoms in total. The summed E-state index contributed by atoms with van der Waals surface area (Å²) in [5, 5.41) is 12.2. The molecule has 2 fully saturated rings. The van der Waals surface area contributed by atoms with Crippen LogP contribution in [0, 0.1) is 23.7 Å². The zero-order valence-corrected chi connectivity index (χ0v) is 11.2. The minimum Gasteiger partial charge on any atom is -0.481 e. The number of carbonyl (C=O) groups excluding carboxylic acids is 1. The van der Waals surface area contributed by atoms with E-state index in [0.717, 1.165) is 24.8 Å². The fraction of sp³-hybridized carbons (Fsp3) is 0.533. The first kappa shape index (κ1) is 13.1. The van der Waals surface area contributed by atoms with Crippen LogP contribution in [0.1, 0.15) is 24.8 Å². The Hall–Kier alpha value is -1.91. The fourth-order valence-electron chi connectivity index (χ4n) is 3.83. The molecule has 2 aliphatic rings. The van der Waals surface area contributed by atoms with E-state index in [-0.39, 0.29) is 23.7 Å². The van der Waals surface area contributed by atoms with E-state index in [1.165, 1.54) is 0 Å². The summed E-state index contributed by atoms with van der Waals surface area (Å²) in [7, 11) is 0. The number of pyridine rings is 1. The normalized spacial score (nSPS) is 31.2. The van der Waals surface area contributed by atoms with Crippen molar-refractivity contribution in [1.29, 1.82) is 0 Å². The van der Waals surface area contributed by atoms with Crippen molar-refractivity contribution >= 4 is 11.9 Å². The standard InChI is InChI=1S/C15H18N2O3/c18-14(17-8-9-3-5-16-6-4-9)12-10-1-2-11(7-10)13(12)15(19)20/h3-6,10-13H,1-2,7-8H2,(H,17,18)(H,19,20). The highest BCUT2D eigenvalue weighted by atomic mass is 16.4. The Morgan fingerprint density at radius 2 is 1.85 bits per heavy atom. The van der Waals surface area contributed by atoms with Gasteiger partial charge in [-0.2, -0.15) is 0 Å². The van der Waals surface area contributed by atoms with Crippen LogP contribution in [0.4, 0.5) is 0 Å². The Labute approximate surface area is 117 Å². The van der Waals surface area contributed by atoms with Crippen LogP contribution in [0.3, 0.4) is 0 Å². The van der Waals surface area contributed by atoms with E-state index < -0.39 is 11.9 Å². The molecule has 1 aromatic heterocycles. The van der Waals surface area contributed by atoms with Crippen LogP contribution in [-0.4, -0.2) is 22.0 Å². The molecule has 20 heavy (non-hydrogen) atoms. The molecule has 0 aliphatic heterocycles. The summed E-state index contributed by atoms with van der Waals surface area (Å²) in [4.78, 5) is 27.7. The molecule has 1 amide bonds. The van der Waals surface area contributed by atoms with E-state index in [2.05, 4.69) is 10.3 Å². The van der Waals surface area contributed by atoms with Crippen LogP contribution in [0.2, 0.25) is 0 Å². The van der Waals surface area contributed by atoms with Crippen molar-refractivity contribution in [1.82, 2.24) is 10.3 Å². The van der Waals surface area contributed by atoms with Crippen molar-refractivity contribution in [3.8, 4) is 0 Å². The Bertz CT molecular complexity index is 517. The number of nitrogens with zero attached hydrogens (tertiary/aromatic N) is 1. The maximum atomic E-state index is 12.3. The summed E-state index contributed by atoms with van der Waals surface area (Å²) in [5.74, 6) is -1.34. The molecular weight excluding hydrogens is 256 g/mol. The van der Waals surface area contributed by atoms with Gasteiger partial charge in [0, 0.05) is 18.9 Å². The number of nitrogens with one attached hydrogen (secondary N) is 1. The number of rotatable bonds is 4. The van der Waals surface area contributed by atoms with Crippen LogP contribution in [0.15, 0.2) is 24.5 Å². The van der Waals surface area contributed by atoms with Gasteiger partial charge in [-0.3, -0.25) is 14.6 Å². The van der Waals surface area contributed by atoms with Gasteiger partial charge in [-0.25, -0.2) is 0 Å². The molecule has 0 aromatic carbocycles. The Balaban J connectivity index is 1.66. The number of hydrogen-bond acceptors (Lipinski definition) is 3. The first-order chi connectivity index (χ1) is 9.66. The number of carboxylic acids is 1. The van der Waals surface area contributed by atoms with Gasteiger partial charge in [-0.1, -0.05) is 0 Å². The molecule has 4 atom stereocenters. The van der Waals surface area contributed by atoms with Gasteiger partial charge in [-0.05, 0) is 48.8 Å². The maximum absolute atomic E-state index is 12.3. The lowest BCUT2D eigenvalue weighted by Crippen LogP contribution is -2.41. The fourth-order valence-corrected chi connectivity index (χ4v) is 3.83. The monoisotopic (exact) mass is 274 g/mol. The summed E-state index contributed by atoms with van der Waals surface area (Å²) in [6, 6.07) is 3.69. The predicted molar refractivity (Wildman–Crippen MR) is 71.5 cm³/mol. The predicted octanol–water partition coefficient (Wildman–Crippen LogP) is 1.44. The number of hydrogen-bond donors (Lipinski definition) is 2. The number of carboxylic acid groups (broad SMARTS) is 1. The molecule has 2 aliphatic carbocycles. The first-order valence-electron chi connectivity index (χ1n) is 7.06. The van der Waals surface area contributed by atoms with Gasteiger partial charge in [0.2, 0.25) is 5.91 Å². The summed E-state index contributed by atoms with van der Waals surface area (Å²) in [5.41, 5.74) is 0.975. The van der Waals surface area contributed by atoms with Crippen LogP contribution in [0.5, 0.6) is 0 Å². The largest absolute Gasteiger partial charge is 0.481 e. The Kier molecular flexibility index (Phi) is 3.42.